The van der Waals surface area contributed by atoms with Crippen molar-refractivity contribution in [3.05, 3.63) is 42.2 Å². The summed E-state index contributed by atoms with van der Waals surface area (Å²) in [6.07, 6.45) is 4.21. The normalized spacial score (nSPS) is 14.3. The third kappa shape index (κ3) is 6.34. The molecule has 3 rings (SSSR count). The minimum Gasteiger partial charge on any atom is -0.508 e. The van der Waals surface area contributed by atoms with Gasteiger partial charge in [0.25, 0.3) is 0 Å². The SMILES string of the molecule is CCNC(=NCCc1ccc(OC)cc1O)N1CCN(c2ncccn2)CC1.I. The lowest BCUT2D eigenvalue weighted by atomic mass is 10.1. The first kappa shape index (κ1) is 23.0. The molecule has 0 saturated carbocycles. The quantitative estimate of drug-likeness (QED) is 0.349. The first-order valence-electron chi connectivity index (χ1n) is 9.62. The highest BCUT2D eigenvalue weighted by atomic mass is 127. The summed E-state index contributed by atoms with van der Waals surface area (Å²) in [5.74, 6) is 2.58. The molecule has 1 aliphatic rings. The van der Waals surface area contributed by atoms with Crippen LogP contribution >= 0.6 is 24.0 Å². The van der Waals surface area contributed by atoms with Crippen molar-refractivity contribution in [2.45, 2.75) is 13.3 Å². The lowest BCUT2D eigenvalue weighted by molar-refractivity contribution is 0.370. The van der Waals surface area contributed by atoms with Gasteiger partial charge in [0.15, 0.2) is 5.96 Å². The van der Waals surface area contributed by atoms with Gasteiger partial charge in [-0.25, -0.2) is 9.97 Å². The smallest absolute Gasteiger partial charge is 0.225 e. The zero-order valence-corrected chi connectivity index (χ0v) is 19.2. The molecule has 2 heterocycles. The molecule has 8 nitrogen and oxygen atoms in total. The van der Waals surface area contributed by atoms with Gasteiger partial charge in [-0.05, 0) is 31.0 Å². The van der Waals surface area contributed by atoms with Crippen molar-refractivity contribution in [3.8, 4) is 11.5 Å². The molecule has 0 radical (unpaired) electrons. The third-order valence-corrected chi connectivity index (χ3v) is 4.68. The zero-order chi connectivity index (χ0) is 19.8. The minimum atomic E-state index is 0. The van der Waals surface area contributed by atoms with E-state index in [1.54, 1.807) is 25.6 Å². The number of piperazine rings is 1. The van der Waals surface area contributed by atoms with Gasteiger partial charge >= 0.3 is 0 Å². The fraction of sp³-hybridized carbons (Fsp3) is 0.450. The van der Waals surface area contributed by atoms with Crippen molar-refractivity contribution in [2.24, 2.45) is 4.99 Å². The Kier molecular flexibility index (Phi) is 9.23. The van der Waals surface area contributed by atoms with Crippen molar-refractivity contribution in [1.82, 2.24) is 20.2 Å². The summed E-state index contributed by atoms with van der Waals surface area (Å²) < 4.78 is 5.13. The molecule has 1 aliphatic heterocycles. The van der Waals surface area contributed by atoms with E-state index in [9.17, 15) is 5.11 Å². The Morgan fingerprint density at radius 2 is 1.93 bits per heavy atom. The van der Waals surface area contributed by atoms with Crippen LogP contribution in [0.4, 0.5) is 5.95 Å². The van der Waals surface area contributed by atoms with Gasteiger partial charge in [-0.1, -0.05) is 6.07 Å². The average Bonchev–Trinajstić information content (AvgIpc) is 2.75. The molecule has 1 aromatic carbocycles. The number of aliphatic imine (C=N–C) groups is 1. The molecule has 1 saturated heterocycles. The molecular formula is C20H29IN6O2. The first-order valence-corrected chi connectivity index (χ1v) is 9.62. The number of rotatable bonds is 6. The van der Waals surface area contributed by atoms with E-state index in [1.165, 1.54) is 0 Å². The lowest BCUT2D eigenvalue weighted by Gasteiger charge is -2.36. The topological polar surface area (TPSA) is 86.1 Å². The first-order chi connectivity index (χ1) is 13.7. The number of guanidine groups is 1. The molecule has 158 valence electrons. The number of halogens is 1. The number of anilines is 1. The van der Waals surface area contributed by atoms with Crippen LogP contribution in [-0.2, 0) is 6.42 Å². The van der Waals surface area contributed by atoms with Crippen LogP contribution in [0, 0.1) is 0 Å². The average molecular weight is 512 g/mol. The van der Waals surface area contributed by atoms with Crippen LogP contribution in [-0.4, -0.2) is 72.3 Å². The summed E-state index contributed by atoms with van der Waals surface area (Å²) >= 11 is 0. The molecule has 0 amide bonds. The lowest BCUT2D eigenvalue weighted by Crippen LogP contribution is -2.53. The summed E-state index contributed by atoms with van der Waals surface area (Å²) in [6.45, 7) is 6.91. The van der Waals surface area contributed by atoms with Gasteiger partial charge in [0.1, 0.15) is 11.5 Å². The second-order valence-electron chi connectivity index (χ2n) is 6.50. The Morgan fingerprint density at radius 3 is 2.55 bits per heavy atom. The molecule has 29 heavy (non-hydrogen) atoms. The highest BCUT2D eigenvalue weighted by Gasteiger charge is 2.21. The number of nitrogens with zero attached hydrogens (tertiary/aromatic N) is 5. The van der Waals surface area contributed by atoms with E-state index >= 15 is 0 Å². The van der Waals surface area contributed by atoms with E-state index in [2.05, 4.69) is 32.0 Å². The monoisotopic (exact) mass is 512 g/mol. The van der Waals surface area contributed by atoms with Crippen LogP contribution in [0.5, 0.6) is 11.5 Å². The fourth-order valence-electron chi connectivity index (χ4n) is 3.16. The van der Waals surface area contributed by atoms with E-state index in [4.69, 9.17) is 9.73 Å². The Hall–Kier alpha value is -2.30. The molecule has 0 bridgehead atoms. The van der Waals surface area contributed by atoms with Crippen molar-refractivity contribution in [1.29, 1.82) is 0 Å². The van der Waals surface area contributed by atoms with Crippen LogP contribution in [0.1, 0.15) is 12.5 Å². The van der Waals surface area contributed by atoms with Crippen LogP contribution in [0.15, 0.2) is 41.7 Å². The molecule has 1 aromatic heterocycles. The van der Waals surface area contributed by atoms with Crippen molar-refractivity contribution >= 4 is 35.9 Å². The maximum atomic E-state index is 10.1. The third-order valence-electron chi connectivity index (χ3n) is 4.68. The number of phenols is 1. The zero-order valence-electron chi connectivity index (χ0n) is 16.9. The number of methoxy groups -OCH3 is 1. The Bertz CT molecular complexity index is 782. The van der Waals surface area contributed by atoms with Crippen LogP contribution < -0.4 is 15.0 Å². The van der Waals surface area contributed by atoms with Gasteiger partial charge in [-0.2, -0.15) is 0 Å². The highest BCUT2D eigenvalue weighted by Crippen LogP contribution is 2.23. The Balaban J connectivity index is 0.00000300. The van der Waals surface area contributed by atoms with Crippen molar-refractivity contribution < 1.29 is 9.84 Å². The predicted molar refractivity (Wildman–Crippen MR) is 126 cm³/mol. The Morgan fingerprint density at radius 1 is 1.21 bits per heavy atom. The van der Waals surface area contributed by atoms with Crippen molar-refractivity contribution in [2.75, 3.05) is 51.3 Å². The molecule has 1 fully saturated rings. The molecule has 0 unspecified atom stereocenters. The number of phenolic OH excluding ortho intramolecular Hbond substituents is 1. The van der Waals surface area contributed by atoms with E-state index in [0.29, 0.717) is 18.7 Å². The molecule has 9 heteroatoms. The summed E-state index contributed by atoms with van der Waals surface area (Å²) in [4.78, 5) is 17.9. The molecule has 0 atom stereocenters. The molecule has 2 N–H and O–H groups in total. The number of aromatic hydroxyl groups is 1. The van der Waals surface area contributed by atoms with Gasteiger partial charge in [0, 0.05) is 57.7 Å². The number of benzene rings is 1. The minimum absolute atomic E-state index is 0. The maximum Gasteiger partial charge on any atom is 0.225 e. The Labute approximate surface area is 189 Å². The number of nitrogens with one attached hydrogen (secondary N) is 1. The predicted octanol–water partition coefficient (Wildman–Crippen LogP) is 2.14. The molecule has 0 spiro atoms. The van der Waals surface area contributed by atoms with Crippen LogP contribution in [0.2, 0.25) is 0 Å². The summed E-state index contributed by atoms with van der Waals surface area (Å²) in [7, 11) is 1.59. The van der Waals surface area contributed by atoms with E-state index in [-0.39, 0.29) is 29.7 Å². The largest absolute Gasteiger partial charge is 0.508 e. The highest BCUT2D eigenvalue weighted by molar-refractivity contribution is 14.0. The summed E-state index contributed by atoms with van der Waals surface area (Å²) in [5, 5.41) is 13.5. The number of hydrogen-bond donors (Lipinski definition) is 2. The number of ether oxygens (including phenoxy) is 1. The van der Waals surface area contributed by atoms with Crippen molar-refractivity contribution in [3.63, 3.8) is 0 Å². The van der Waals surface area contributed by atoms with Gasteiger partial charge in [0.05, 0.1) is 7.11 Å². The summed E-state index contributed by atoms with van der Waals surface area (Å²) in [5.41, 5.74) is 0.867. The van der Waals surface area contributed by atoms with Gasteiger partial charge in [-0.15, -0.1) is 24.0 Å². The number of hydrogen-bond acceptors (Lipinski definition) is 6. The number of aromatic nitrogens is 2. The van der Waals surface area contributed by atoms with Gasteiger partial charge in [-0.3, -0.25) is 4.99 Å². The molecule has 0 aliphatic carbocycles. The van der Waals surface area contributed by atoms with Crippen LogP contribution in [0.25, 0.3) is 0 Å². The van der Waals surface area contributed by atoms with E-state index in [1.807, 2.05) is 18.2 Å². The molecule has 2 aromatic rings. The summed E-state index contributed by atoms with van der Waals surface area (Å²) in [6, 6.07) is 7.20. The second kappa shape index (κ2) is 11.6. The van der Waals surface area contributed by atoms with Gasteiger partial charge < -0.3 is 25.0 Å². The molecular weight excluding hydrogens is 483 g/mol. The van der Waals surface area contributed by atoms with E-state index in [0.717, 1.165) is 50.2 Å². The second-order valence-corrected chi connectivity index (χ2v) is 6.50. The standard InChI is InChI=1S/C20H28N6O2.HI/c1-3-21-19(24-10-7-16-5-6-17(28-2)15-18(16)27)25-11-13-26(14-12-25)20-22-8-4-9-23-20;/h4-6,8-9,15,27H,3,7,10-14H2,1-2H3,(H,21,24);1H. The van der Waals surface area contributed by atoms with E-state index < -0.39 is 0 Å². The van der Waals surface area contributed by atoms with Crippen LogP contribution in [0.3, 0.4) is 0 Å². The fourth-order valence-corrected chi connectivity index (χ4v) is 3.16. The van der Waals surface area contributed by atoms with Gasteiger partial charge in [0.2, 0.25) is 5.95 Å². The maximum absolute atomic E-state index is 10.1.